The number of ketones is 1. The summed E-state index contributed by atoms with van der Waals surface area (Å²) in [6.07, 6.45) is -4.91. The smallest absolute Gasteiger partial charge is 0.408 e. The van der Waals surface area contributed by atoms with E-state index in [0.717, 1.165) is 0 Å². The van der Waals surface area contributed by atoms with E-state index in [1.54, 1.807) is 72.1 Å². The molecule has 11 atom stereocenters. The Balaban J connectivity index is 1.50. The van der Waals surface area contributed by atoms with Gasteiger partial charge in [0.25, 0.3) is 0 Å². The van der Waals surface area contributed by atoms with Crippen molar-refractivity contribution in [2.24, 2.45) is 22.7 Å². The number of carbonyl (C=O) groups is 4. The molecule has 1 heterocycles. The van der Waals surface area contributed by atoms with Gasteiger partial charge in [-0.25, -0.2) is 9.59 Å². The van der Waals surface area contributed by atoms with E-state index in [2.05, 4.69) is 5.32 Å². The van der Waals surface area contributed by atoms with E-state index >= 15 is 4.79 Å². The lowest BCUT2D eigenvalue weighted by Gasteiger charge is -2.69. The molecule has 2 saturated carbocycles. The summed E-state index contributed by atoms with van der Waals surface area (Å²) >= 11 is 0. The first-order valence-electron chi connectivity index (χ1n) is 19.4. The fraction of sp³-hybridized carbons (Fsp3) is 0.591. The van der Waals surface area contributed by atoms with Gasteiger partial charge < -0.3 is 39.2 Å². The summed E-state index contributed by atoms with van der Waals surface area (Å²) in [7, 11) is 1.56. The van der Waals surface area contributed by atoms with Crippen LogP contribution in [0.4, 0.5) is 4.79 Å². The van der Waals surface area contributed by atoms with Crippen molar-refractivity contribution < 1.29 is 53.1 Å². The molecule has 56 heavy (non-hydrogen) atoms. The van der Waals surface area contributed by atoms with Crippen LogP contribution in [-0.2, 0) is 38.1 Å². The van der Waals surface area contributed by atoms with Gasteiger partial charge in [-0.1, -0.05) is 81.4 Å². The summed E-state index contributed by atoms with van der Waals surface area (Å²) in [5.41, 5.74) is -3.94. The predicted octanol–water partition coefficient (Wildman–Crippen LogP) is 5.75. The third-order valence-corrected chi connectivity index (χ3v) is 13.1. The number of hydrogen-bond donors (Lipinski definition) is 3. The highest BCUT2D eigenvalue weighted by Gasteiger charge is 2.76. The lowest BCUT2D eigenvalue weighted by atomic mass is 9.40. The van der Waals surface area contributed by atoms with Crippen molar-refractivity contribution in [2.45, 2.75) is 128 Å². The van der Waals surface area contributed by atoms with Crippen LogP contribution in [0.15, 0.2) is 71.8 Å². The van der Waals surface area contributed by atoms with Crippen molar-refractivity contribution in [3.8, 4) is 0 Å². The number of methoxy groups -OCH3 is 1. The Morgan fingerprint density at radius 1 is 1.00 bits per heavy atom. The highest BCUT2D eigenvalue weighted by Crippen LogP contribution is 2.68. The van der Waals surface area contributed by atoms with Crippen molar-refractivity contribution in [1.29, 1.82) is 0 Å². The number of amides is 1. The summed E-state index contributed by atoms with van der Waals surface area (Å²) < 4.78 is 30.2. The molecule has 0 spiro atoms. The van der Waals surface area contributed by atoms with Gasteiger partial charge >= 0.3 is 18.0 Å². The predicted molar refractivity (Wildman–Crippen MR) is 205 cm³/mol. The van der Waals surface area contributed by atoms with Crippen molar-refractivity contribution in [1.82, 2.24) is 5.32 Å². The van der Waals surface area contributed by atoms with E-state index in [1.807, 2.05) is 51.1 Å². The number of carbonyl (C=O) groups excluding carboxylic acids is 4. The number of aliphatic hydroxyl groups is 2. The van der Waals surface area contributed by atoms with Gasteiger partial charge in [-0.2, -0.15) is 0 Å². The molecule has 1 saturated heterocycles. The minimum absolute atomic E-state index is 0.0211. The second kappa shape index (κ2) is 14.7. The number of nitrogens with one attached hydrogen (secondary N) is 1. The molecule has 6 rings (SSSR count). The van der Waals surface area contributed by atoms with Crippen molar-refractivity contribution in [2.75, 3.05) is 13.7 Å². The van der Waals surface area contributed by atoms with E-state index in [-0.39, 0.29) is 18.8 Å². The van der Waals surface area contributed by atoms with E-state index in [4.69, 9.17) is 23.7 Å². The third kappa shape index (κ3) is 6.66. The van der Waals surface area contributed by atoms with E-state index in [1.165, 1.54) is 6.92 Å². The average Bonchev–Trinajstić information content (AvgIpc) is 3.12. The van der Waals surface area contributed by atoms with Crippen LogP contribution in [0.3, 0.4) is 0 Å². The molecular formula is C44H57NO11. The maximum atomic E-state index is 15.5. The number of Topliss-reactive ketones (excluding diaryl/α,β-unsaturated/α-hetero) is 1. The fourth-order valence-corrected chi connectivity index (χ4v) is 10.7. The molecule has 3 N–H and O–H groups in total. The second-order valence-electron chi connectivity index (χ2n) is 17.8. The molecule has 4 aliphatic rings. The van der Waals surface area contributed by atoms with Crippen LogP contribution in [0.5, 0.6) is 0 Å². The molecular weight excluding hydrogens is 718 g/mol. The molecule has 1 aliphatic heterocycles. The Hall–Kier alpha value is -4.10. The molecule has 2 bridgehead atoms. The Labute approximate surface area is 329 Å². The number of benzene rings is 2. The molecule has 2 aromatic carbocycles. The minimum Gasteiger partial charge on any atom is -0.456 e. The number of rotatable bonds is 8. The van der Waals surface area contributed by atoms with E-state index < -0.39 is 93.9 Å². The quantitative estimate of drug-likeness (QED) is 0.170. The zero-order chi connectivity index (χ0) is 41.2. The maximum absolute atomic E-state index is 15.5. The van der Waals surface area contributed by atoms with Crippen LogP contribution in [0, 0.1) is 22.7 Å². The van der Waals surface area contributed by atoms with Crippen LogP contribution in [0.1, 0.15) is 98.2 Å². The topological polar surface area (TPSA) is 167 Å². The summed E-state index contributed by atoms with van der Waals surface area (Å²) in [4.78, 5) is 55.6. The molecule has 304 valence electrons. The van der Waals surface area contributed by atoms with Gasteiger partial charge in [-0.3, -0.25) is 9.59 Å². The molecule has 3 aliphatic carbocycles. The monoisotopic (exact) mass is 775 g/mol. The van der Waals surface area contributed by atoms with Gasteiger partial charge in [-0.05, 0) is 56.9 Å². The van der Waals surface area contributed by atoms with Gasteiger partial charge in [-0.15, -0.1) is 0 Å². The van der Waals surface area contributed by atoms with Gasteiger partial charge in [0.2, 0.25) is 0 Å². The standard InChI is InChI=1S/C44H57NO11/c1-24-29(54-38(49)35(47)34(28-19-15-12-16-20-28)45-39(50)56-40(4,5)6)22-44(51)33(27-17-13-11-14-18-27)36-42(9,37(48)25(2)32(24)41(44,7)8)30(52-10)21-31-43(36,23-53-31)55-26(3)46/h11-20,25,29-31,33-36,47,51H,21-23H2,1-10H3,(H,45,50)/t25-,29+,30+,31-,33+,34+,35?,36+,42-,43+,44-/m1/s1. The van der Waals surface area contributed by atoms with Crippen LogP contribution in [0.25, 0.3) is 0 Å². The number of aliphatic hydroxyl groups excluding tert-OH is 1. The first-order valence-corrected chi connectivity index (χ1v) is 19.4. The van der Waals surface area contributed by atoms with Gasteiger partial charge in [0, 0.05) is 50.0 Å². The average molecular weight is 776 g/mol. The molecule has 1 amide bonds. The Bertz CT molecular complexity index is 1870. The maximum Gasteiger partial charge on any atom is 0.408 e. The van der Waals surface area contributed by atoms with Crippen LogP contribution in [-0.4, -0.2) is 89.0 Å². The Kier molecular flexibility index (Phi) is 10.9. The number of alkyl carbamates (subject to hydrolysis) is 1. The van der Waals surface area contributed by atoms with Gasteiger partial charge in [0.1, 0.15) is 23.6 Å². The fourth-order valence-electron chi connectivity index (χ4n) is 10.7. The first kappa shape index (κ1) is 41.5. The lowest BCUT2D eigenvalue weighted by molar-refractivity contribution is -0.333. The lowest BCUT2D eigenvalue weighted by Crippen LogP contribution is -2.79. The SMILES string of the molecule is CO[C@H]1C[C@H]2OC[C@@]2(OC(C)=O)[C@H]2[C@H](c3ccccc3)[C@]3(O)C[C@H](OC(=O)C(O)[C@@H](NC(=O)OC(C)(C)C)c4ccccc4)C(C)=C([C@@H](C)C(=O)[C@]12C)C3(C)C. The van der Waals surface area contributed by atoms with Gasteiger partial charge in [0.05, 0.1) is 29.8 Å². The highest BCUT2D eigenvalue weighted by atomic mass is 16.6. The van der Waals surface area contributed by atoms with Crippen LogP contribution in [0.2, 0.25) is 0 Å². The van der Waals surface area contributed by atoms with E-state index in [9.17, 15) is 24.6 Å². The molecule has 12 heteroatoms. The number of ether oxygens (including phenoxy) is 5. The molecule has 2 aromatic rings. The van der Waals surface area contributed by atoms with Crippen LogP contribution >= 0.6 is 0 Å². The largest absolute Gasteiger partial charge is 0.456 e. The van der Waals surface area contributed by atoms with Gasteiger partial charge in [0.15, 0.2) is 11.7 Å². The number of fused-ring (bicyclic) bond motifs is 5. The molecule has 0 aromatic heterocycles. The zero-order valence-electron chi connectivity index (χ0n) is 34.1. The molecule has 0 radical (unpaired) electrons. The molecule has 12 nitrogen and oxygen atoms in total. The summed E-state index contributed by atoms with van der Waals surface area (Å²) in [6.45, 7) is 15.7. The normalized spacial score (nSPS) is 34.6. The van der Waals surface area contributed by atoms with E-state index in [0.29, 0.717) is 28.7 Å². The van der Waals surface area contributed by atoms with Crippen molar-refractivity contribution >= 4 is 23.8 Å². The summed E-state index contributed by atoms with van der Waals surface area (Å²) in [5, 5.41) is 28.1. The van der Waals surface area contributed by atoms with Crippen LogP contribution < -0.4 is 5.32 Å². The number of esters is 2. The minimum atomic E-state index is -1.88. The van der Waals surface area contributed by atoms with Crippen molar-refractivity contribution in [3.05, 3.63) is 82.9 Å². The van der Waals surface area contributed by atoms with Crippen molar-refractivity contribution in [3.63, 3.8) is 0 Å². The highest BCUT2D eigenvalue weighted by molar-refractivity contribution is 5.91. The second-order valence-corrected chi connectivity index (χ2v) is 17.8. The summed E-state index contributed by atoms with van der Waals surface area (Å²) in [6, 6.07) is 16.6. The Morgan fingerprint density at radius 2 is 1.61 bits per heavy atom. The molecule has 3 fully saturated rings. The molecule has 1 unspecified atom stereocenters. The Morgan fingerprint density at radius 3 is 2.14 bits per heavy atom. The number of hydrogen-bond acceptors (Lipinski definition) is 11. The third-order valence-electron chi connectivity index (χ3n) is 13.1. The first-order chi connectivity index (χ1) is 26.1. The summed E-state index contributed by atoms with van der Waals surface area (Å²) in [5.74, 6) is -4.27. The zero-order valence-corrected chi connectivity index (χ0v) is 34.1.